The van der Waals surface area contributed by atoms with E-state index in [0.717, 1.165) is 12.0 Å². The normalized spacial score (nSPS) is 12.3. The molecule has 136 valence electrons. The number of pyridine rings is 1. The van der Waals surface area contributed by atoms with E-state index in [9.17, 15) is 4.79 Å². The summed E-state index contributed by atoms with van der Waals surface area (Å²) < 4.78 is 5.24. The number of aromatic nitrogens is 3. The average molecular weight is 370 g/mol. The quantitative estimate of drug-likeness (QED) is 0.647. The molecule has 1 amide bonds. The maximum atomic E-state index is 12.4. The number of hydrogen-bond donors (Lipinski definition) is 1. The Morgan fingerprint density at radius 2 is 2.19 bits per heavy atom. The van der Waals surface area contributed by atoms with Gasteiger partial charge < -0.3 is 9.84 Å². The van der Waals surface area contributed by atoms with Gasteiger partial charge in [0.15, 0.2) is 0 Å². The van der Waals surface area contributed by atoms with Crippen LogP contribution in [0, 0.1) is 5.92 Å². The van der Waals surface area contributed by atoms with Crippen LogP contribution in [0.3, 0.4) is 0 Å². The zero-order valence-corrected chi connectivity index (χ0v) is 15.7. The third-order valence-electron chi connectivity index (χ3n) is 3.88. The van der Waals surface area contributed by atoms with Crippen LogP contribution in [0.4, 0.5) is 0 Å². The molecule has 0 saturated heterocycles. The van der Waals surface area contributed by atoms with Gasteiger partial charge in [-0.1, -0.05) is 25.1 Å². The number of carbonyl (C=O) groups is 1. The minimum absolute atomic E-state index is 0.00909. The van der Waals surface area contributed by atoms with E-state index < -0.39 is 0 Å². The minimum atomic E-state index is -0.00909. The standard InChI is InChI=1S/C19H22N4O2S/c1-13(2)11-15(16-6-4-10-26-16)21-17(24)7-8-18-22-19(23-25-18)14-5-3-9-20-12-14/h3-6,9-10,12-13,15H,7-8,11H2,1-2H3,(H,21,24)/t15-/m1/s1. The molecule has 3 aromatic rings. The Balaban J connectivity index is 1.56. The van der Waals surface area contributed by atoms with Crippen molar-refractivity contribution >= 4 is 17.2 Å². The number of hydrogen-bond acceptors (Lipinski definition) is 6. The predicted molar refractivity (Wildman–Crippen MR) is 101 cm³/mol. The number of thiophene rings is 1. The van der Waals surface area contributed by atoms with Crippen molar-refractivity contribution in [1.82, 2.24) is 20.4 Å². The van der Waals surface area contributed by atoms with Gasteiger partial charge in [-0.25, -0.2) is 0 Å². The van der Waals surface area contributed by atoms with Crippen molar-refractivity contribution in [2.24, 2.45) is 5.92 Å². The number of nitrogens with zero attached hydrogens (tertiary/aromatic N) is 3. The molecule has 0 aliphatic carbocycles. The maximum Gasteiger partial charge on any atom is 0.227 e. The summed E-state index contributed by atoms with van der Waals surface area (Å²) in [6, 6.07) is 7.81. The summed E-state index contributed by atoms with van der Waals surface area (Å²) in [7, 11) is 0. The van der Waals surface area contributed by atoms with Crippen molar-refractivity contribution in [1.29, 1.82) is 0 Å². The third-order valence-corrected chi connectivity index (χ3v) is 4.87. The van der Waals surface area contributed by atoms with Gasteiger partial charge in [0, 0.05) is 35.7 Å². The molecule has 0 aliphatic rings. The Bertz CT molecular complexity index is 815. The Labute approximate surface area is 156 Å². The molecule has 0 radical (unpaired) electrons. The Hall–Kier alpha value is -2.54. The fourth-order valence-corrected chi connectivity index (χ4v) is 3.45. The second-order valence-electron chi connectivity index (χ2n) is 6.52. The van der Waals surface area contributed by atoms with Crippen LogP contribution in [0.5, 0.6) is 0 Å². The van der Waals surface area contributed by atoms with E-state index in [-0.39, 0.29) is 11.9 Å². The van der Waals surface area contributed by atoms with Crippen LogP contribution in [0.25, 0.3) is 11.4 Å². The van der Waals surface area contributed by atoms with Crippen LogP contribution >= 0.6 is 11.3 Å². The first-order chi connectivity index (χ1) is 12.6. The van der Waals surface area contributed by atoms with Gasteiger partial charge in [-0.15, -0.1) is 11.3 Å². The van der Waals surface area contributed by atoms with E-state index in [4.69, 9.17) is 4.52 Å². The van der Waals surface area contributed by atoms with Crippen molar-refractivity contribution in [2.75, 3.05) is 0 Å². The van der Waals surface area contributed by atoms with Crippen molar-refractivity contribution in [3.05, 3.63) is 52.8 Å². The summed E-state index contributed by atoms with van der Waals surface area (Å²) in [5.74, 6) is 1.44. The van der Waals surface area contributed by atoms with Crippen LogP contribution < -0.4 is 5.32 Å². The number of nitrogens with one attached hydrogen (secondary N) is 1. The van der Waals surface area contributed by atoms with Crippen LogP contribution in [-0.4, -0.2) is 21.0 Å². The second-order valence-corrected chi connectivity index (χ2v) is 7.50. The average Bonchev–Trinajstić information content (AvgIpc) is 3.32. The molecule has 3 rings (SSSR count). The van der Waals surface area contributed by atoms with Crippen molar-refractivity contribution < 1.29 is 9.32 Å². The second kappa shape index (κ2) is 8.71. The molecule has 0 bridgehead atoms. The van der Waals surface area contributed by atoms with Gasteiger partial charge in [-0.3, -0.25) is 9.78 Å². The summed E-state index contributed by atoms with van der Waals surface area (Å²) in [6.45, 7) is 4.32. The first kappa shape index (κ1) is 18.3. The molecule has 6 nitrogen and oxygen atoms in total. The first-order valence-corrected chi connectivity index (χ1v) is 9.55. The van der Waals surface area contributed by atoms with E-state index >= 15 is 0 Å². The van der Waals surface area contributed by atoms with Crippen molar-refractivity contribution in [2.45, 2.75) is 39.2 Å². The molecule has 1 atom stereocenters. The van der Waals surface area contributed by atoms with E-state index in [1.807, 2.05) is 23.6 Å². The summed E-state index contributed by atoms with van der Waals surface area (Å²) in [6.07, 6.45) is 5.01. The van der Waals surface area contributed by atoms with Crippen LogP contribution in [0.1, 0.15) is 43.5 Å². The van der Waals surface area contributed by atoms with Gasteiger partial charge in [0.1, 0.15) is 0 Å². The zero-order valence-electron chi connectivity index (χ0n) is 14.9. The van der Waals surface area contributed by atoms with Crippen LogP contribution in [0.15, 0.2) is 46.6 Å². The lowest BCUT2D eigenvalue weighted by molar-refractivity contribution is -0.122. The smallest absolute Gasteiger partial charge is 0.227 e. The minimum Gasteiger partial charge on any atom is -0.348 e. The molecule has 3 heterocycles. The van der Waals surface area contributed by atoms with Gasteiger partial charge >= 0.3 is 0 Å². The van der Waals surface area contributed by atoms with Gasteiger partial charge in [0.05, 0.1) is 6.04 Å². The van der Waals surface area contributed by atoms with Gasteiger partial charge in [0.25, 0.3) is 0 Å². The molecule has 26 heavy (non-hydrogen) atoms. The number of carbonyl (C=O) groups excluding carboxylic acids is 1. The first-order valence-electron chi connectivity index (χ1n) is 8.67. The number of rotatable bonds is 8. The Kier molecular flexibility index (Phi) is 6.12. The summed E-state index contributed by atoms with van der Waals surface area (Å²) in [4.78, 5) is 21.9. The highest BCUT2D eigenvalue weighted by molar-refractivity contribution is 7.10. The molecule has 0 aliphatic heterocycles. The van der Waals surface area contributed by atoms with Gasteiger partial charge in [-0.2, -0.15) is 4.98 Å². The fraction of sp³-hybridized carbons (Fsp3) is 0.368. The van der Waals surface area contributed by atoms with Crippen molar-refractivity contribution in [3.63, 3.8) is 0 Å². The lowest BCUT2D eigenvalue weighted by Crippen LogP contribution is -2.29. The SMILES string of the molecule is CC(C)C[C@@H](NC(=O)CCc1nc(-c2cccnc2)no1)c1cccs1. The largest absolute Gasteiger partial charge is 0.348 e. The maximum absolute atomic E-state index is 12.4. The molecular formula is C19H22N4O2S. The highest BCUT2D eigenvalue weighted by Crippen LogP contribution is 2.25. The van der Waals surface area contributed by atoms with E-state index in [1.165, 1.54) is 4.88 Å². The molecule has 7 heteroatoms. The number of amides is 1. The van der Waals surface area contributed by atoms with E-state index in [1.54, 1.807) is 23.7 Å². The lowest BCUT2D eigenvalue weighted by Gasteiger charge is -2.19. The van der Waals surface area contributed by atoms with Crippen molar-refractivity contribution in [3.8, 4) is 11.4 Å². The number of aryl methyl sites for hydroxylation is 1. The fourth-order valence-electron chi connectivity index (χ4n) is 2.66. The molecule has 1 N–H and O–H groups in total. The summed E-state index contributed by atoms with van der Waals surface area (Å²) >= 11 is 1.67. The monoisotopic (exact) mass is 370 g/mol. The highest BCUT2D eigenvalue weighted by Gasteiger charge is 2.18. The highest BCUT2D eigenvalue weighted by atomic mass is 32.1. The molecule has 0 saturated carbocycles. The Morgan fingerprint density at radius 3 is 2.88 bits per heavy atom. The molecule has 0 spiro atoms. The molecule has 0 unspecified atom stereocenters. The van der Waals surface area contributed by atoms with E-state index in [0.29, 0.717) is 30.5 Å². The Morgan fingerprint density at radius 1 is 1.31 bits per heavy atom. The zero-order chi connectivity index (χ0) is 18.4. The lowest BCUT2D eigenvalue weighted by atomic mass is 10.0. The molecule has 3 aromatic heterocycles. The van der Waals surface area contributed by atoms with E-state index in [2.05, 4.69) is 40.4 Å². The molecular weight excluding hydrogens is 348 g/mol. The van der Waals surface area contributed by atoms with Gasteiger partial charge in [0.2, 0.25) is 17.6 Å². The van der Waals surface area contributed by atoms with Crippen LogP contribution in [0.2, 0.25) is 0 Å². The predicted octanol–water partition coefficient (Wildman–Crippen LogP) is 4.03. The van der Waals surface area contributed by atoms with Crippen LogP contribution in [-0.2, 0) is 11.2 Å². The third kappa shape index (κ3) is 4.98. The van der Waals surface area contributed by atoms with Gasteiger partial charge in [-0.05, 0) is 35.9 Å². The topological polar surface area (TPSA) is 80.9 Å². The molecule has 0 aromatic carbocycles. The molecule has 0 fully saturated rings. The summed E-state index contributed by atoms with van der Waals surface area (Å²) in [5, 5.41) is 9.12. The summed E-state index contributed by atoms with van der Waals surface area (Å²) in [5.41, 5.74) is 0.793.